The highest BCUT2D eigenvalue weighted by atomic mass is 16.5. The first-order chi connectivity index (χ1) is 8.96. The van der Waals surface area contributed by atoms with Crippen LogP contribution in [0.1, 0.15) is 52.7 Å². The number of benzene rings is 1. The fourth-order valence-electron chi connectivity index (χ4n) is 1.98. The van der Waals surface area contributed by atoms with E-state index in [1.54, 1.807) is 12.1 Å². The summed E-state index contributed by atoms with van der Waals surface area (Å²) in [6, 6.07) is 3.31. The molecule has 0 saturated heterocycles. The number of hydrogen-bond donors (Lipinski definition) is 1. The van der Waals surface area contributed by atoms with E-state index in [1.165, 1.54) is 0 Å². The van der Waals surface area contributed by atoms with Crippen molar-refractivity contribution in [3.05, 3.63) is 35.9 Å². The van der Waals surface area contributed by atoms with Crippen molar-refractivity contribution in [2.75, 3.05) is 0 Å². The highest BCUT2D eigenvalue weighted by molar-refractivity contribution is 5.84. The Kier molecular flexibility index (Phi) is 4.33. The summed E-state index contributed by atoms with van der Waals surface area (Å²) >= 11 is 0. The van der Waals surface area contributed by atoms with Crippen LogP contribution < -0.4 is 4.74 Å². The van der Waals surface area contributed by atoms with E-state index >= 15 is 0 Å². The van der Waals surface area contributed by atoms with Gasteiger partial charge in [0.05, 0.1) is 0 Å². The molecule has 1 rings (SSSR count). The van der Waals surface area contributed by atoms with Gasteiger partial charge in [-0.1, -0.05) is 48.1 Å². The van der Waals surface area contributed by atoms with E-state index in [1.807, 2.05) is 41.5 Å². The molecule has 0 heterocycles. The summed E-state index contributed by atoms with van der Waals surface area (Å²) < 4.78 is 5.47. The molecule has 0 unspecified atom stereocenters. The van der Waals surface area contributed by atoms with E-state index in [-0.39, 0.29) is 16.6 Å². The van der Waals surface area contributed by atoms with E-state index in [0.29, 0.717) is 5.75 Å². The van der Waals surface area contributed by atoms with Gasteiger partial charge in [-0.25, -0.2) is 4.79 Å². The molecule has 0 spiro atoms. The Balaban J connectivity index is 3.62. The minimum Gasteiger partial charge on any atom is -0.508 e. The molecule has 0 radical (unpaired) electrons. The number of phenolic OH excluding ortho intramolecular Hbond substituents is 1. The van der Waals surface area contributed by atoms with Crippen LogP contribution in [0.15, 0.2) is 24.8 Å². The number of rotatable bonds is 2. The second kappa shape index (κ2) is 5.31. The summed E-state index contributed by atoms with van der Waals surface area (Å²) in [5.74, 6) is 0.206. The Morgan fingerprint density at radius 2 is 1.50 bits per heavy atom. The van der Waals surface area contributed by atoms with E-state index < -0.39 is 5.97 Å². The molecule has 0 aliphatic carbocycles. The molecule has 0 amide bonds. The lowest BCUT2D eigenvalue weighted by Gasteiger charge is -2.29. The van der Waals surface area contributed by atoms with Gasteiger partial charge < -0.3 is 9.84 Å². The van der Waals surface area contributed by atoms with Gasteiger partial charge in [0.25, 0.3) is 0 Å². The van der Waals surface area contributed by atoms with Gasteiger partial charge in [-0.2, -0.15) is 0 Å². The highest BCUT2D eigenvalue weighted by Gasteiger charge is 2.28. The smallest absolute Gasteiger partial charge is 0.335 e. The molecule has 1 aromatic carbocycles. The topological polar surface area (TPSA) is 46.5 Å². The fourth-order valence-corrected chi connectivity index (χ4v) is 1.98. The zero-order chi connectivity index (χ0) is 15.7. The molecular formula is C17H24O3. The molecule has 0 aliphatic heterocycles. The molecule has 1 aromatic rings. The van der Waals surface area contributed by atoms with E-state index in [2.05, 4.69) is 6.58 Å². The fraction of sp³-hybridized carbons (Fsp3) is 0.471. The lowest BCUT2D eigenvalue weighted by molar-refractivity contribution is -0.129. The number of hydrogen-bond acceptors (Lipinski definition) is 3. The van der Waals surface area contributed by atoms with Gasteiger partial charge in [0.1, 0.15) is 11.5 Å². The van der Waals surface area contributed by atoms with Crippen molar-refractivity contribution in [2.24, 2.45) is 0 Å². The van der Waals surface area contributed by atoms with Crippen molar-refractivity contribution < 1.29 is 14.6 Å². The zero-order valence-corrected chi connectivity index (χ0v) is 13.2. The second-order valence-corrected chi connectivity index (χ2v) is 7.00. The third-order valence-electron chi connectivity index (χ3n) is 3.06. The number of ether oxygens (including phenoxy) is 1. The van der Waals surface area contributed by atoms with Crippen LogP contribution in [0.3, 0.4) is 0 Å². The SMILES string of the molecule is C=CC(=O)Oc1c(C(C)(C)C)cc(O)cc1C(C)(C)C. The van der Waals surface area contributed by atoms with Crippen LogP contribution >= 0.6 is 0 Å². The van der Waals surface area contributed by atoms with Crippen molar-refractivity contribution in [3.8, 4) is 11.5 Å². The van der Waals surface area contributed by atoms with Gasteiger partial charge in [-0.3, -0.25) is 0 Å². The average molecular weight is 276 g/mol. The molecule has 3 nitrogen and oxygen atoms in total. The minimum absolute atomic E-state index is 0.179. The first-order valence-electron chi connectivity index (χ1n) is 6.69. The van der Waals surface area contributed by atoms with Crippen LogP contribution in [0.25, 0.3) is 0 Å². The maximum atomic E-state index is 11.6. The molecule has 0 atom stereocenters. The van der Waals surface area contributed by atoms with Gasteiger partial charge in [0.15, 0.2) is 0 Å². The molecule has 0 aliphatic rings. The van der Waals surface area contributed by atoms with E-state index in [0.717, 1.165) is 17.2 Å². The Hall–Kier alpha value is -1.77. The first-order valence-corrected chi connectivity index (χ1v) is 6.69. The second-order valence-electron chi connectivity index (χ2n) is 7.00. The van der Waals surface area contributed by atoms with Crippen LogP contribution in [0.4, 0.5) is 0 Å². The summed E-state index contributed by atoms with van der Waals surface area (Å²) in [6.07, 6.45) is 1.14. The first kappa shape index (κ1) is 16.3. The van der Waals surface area contributed by atoms with Crippen molar-refractivity contribution in [2.45, 2.75) is 52.4 Å². The van der Waals surface area contributed by atoms with Crippen LogP contribution in [0.2, 0.25) is 0 Å². The van der Waals surface area contributed by atoms with Gasteiger partial charge in [-0.05, 0) is 23.0 Å². The lowest BCUT2D eigenvalue weighted by atomic mass is 9.79. The summed E-state index contributed by atoms with van der Waals surface area (Å²) in [5, 5.41) is 9.98. The van der Waals surface area contributed by atoms with Crippen LogP contribution in [-0.2, 0) is 15.6 Å². The summed E-state index contributed by atoms with van der Waals surface area (Å²) in [6.45, 7) is 15.5. The van der Waals surface area contributed by atoms with Crippen LogP contribution in [0.5, 0.6) is 11.5 Å². The maximum absolute atomic E-state index is 11.6. The largest absolute Gasteiger partial charge is 0.508 e. The monoisotopic (exact) mass is 276 g/mol. The quantitative estimate of drug-likeness (QED) is 0.503. The summed E-state index contributed by atoms with van der Waals surface area (Å²) in [7, 11) is 0. The molecular weight excluding hydrogens is 252 g/mol. The Bertz CT molecular complexity index is 493. The molecule has 110 valence electrons. The van der Waals surface area contributed by atoms with Crippen LogP contribution in [-0.4, -0.2) is 11.1 Å². The standard InChI is InChI=1S/C17H24O3/c1-8-14(19)20-15-12(16(2,3)4)9-11(18)10-13(15)17(5,6)7/h8-10,18H,1H2,2-7H3. The Morgan fingerprint density at radius 1 is 1.10 bits per heavy atom. The highest BCUT2D eigenvalue weighted by Crippen LogP contribution is 2.42. The number of phenols is 1. The van der Waals surface area contributed by atoms with Gasteiger partial charge in [0.2, 0.25) is 0 Å². The molecule has 1 N–H and O–H groups in total. The maximum Gasteiger partial charge on any atom is 0.335 e. The molecule has 0 aromatic heterocycles. The van der Waals surface area contributed by atoms with Crippen LogP contribution in [0, 0.1) is 0 Å². The molecule has 0 fully saturated rings. The predicted octanol–water partition coefficient (Wildman–Crippen LogP) is 4.08. The minimum atomic E-state index is -0.494. The van der Waals surface area contributed by atoms with Crippen molar-refractivity contribution in [3.63, 3.8) is 0 Å². The average Bonchev–Trinajstić information content (AvgIpc) is 2.27. The predicted molar refractivity (Wildman–Crippen MR) is 81.3 cm³/mol. The molecule has 20 heavy (non-hydrogen) atoms. The van der Waals surface area contributed by atoms with Gasteiger partial charge in [0, 0.05) is 17.2 Å². The van der Waals surface area contributed by atoms with E-state index in [9.17, 15) is 9.90 Å². The third kappa shape index (κ3) is 3.62. The Morgan fingerprint density at radius 3 is 1.80 bits per heavy atom. The third-order valence-corrected chi connectivity index (χ3v) is 3.06. The van der Waals surface area contributed by atoms with Crippen molar-refractivity contribution in [1.82, 2.24) is 0 Å². The summed E-state index contributed by atoms with van der Waals surface area (Å²) in [4.78, 5) is 11.6. The van der Waals surface area contributed by atoms with Gasteiger partial charge in [-0.15, -0.1) is 0 Å². The lowest BCUT2D eigenvalue weighted by Crippen LogP contribution is -2.21. The Labute approximate surface area is 121 Å². The normalized spacial score (nSPS) is 12.1. The van der Waals surface area contributed by atoms with Crippen molar-refractivity contribution in [1.29, 1.82) is 0 Å². The number of carbonyl (C=O) groups is 1. The number of esters is 1. The zero-order valence-electron chi connectivity index (χ0n) is 13.2. The molecule has 0 bridgehead atoms. The summed E-state index contributed by atoms with van der Waals surface area (Å²) in [5.41, 5.74) is 1.10. The molecule has 3 heteroatoms. The number of aromatic hydroxyl groups is 1. The van der Waals surface area contributed by atoms with E-state index in [4.69, 9.17) is 4.74 Å². The number of carbonyl (C=O) groups excluding carboxylic acids is 1. The van der Waals surface area contributed by atoms with Gasteiger partial charge >= 0.3 is 5.97 Å². The molecule has 0 saturated carbocycles. The van der Waals surface area contributed by atoms with Crippen molar-refractivity contribution >= 4 is 5.97 Å².